The highest BCUT2D eigenvalue weighted by atomic mass is 16.5. The maximum absolute atomic E-state index is 13.0. The normalized spacial score (nSPS) is 16.5. The van der Waals surface area contributed by atoms with Crippen LogP contribution in [-0.2, 0) is 11.2 Å². The van der Waals surface area contributed by atoms with E-state index in [1.165, 1.54) is 0 Å². The number of aryl methyl sites for hydroxylation is 2. The van der Waals surface area contributed by atoms with Crippen LogP contribution in [0.5, 0.6) is 5.75 Å². The van der Waals surface area contributed by atoms with E-state index < -0.39 is 0 Å². The zero-order valence-corrected chi connectivity index (χ0v) is 17.6. The van der Waals surface area contributed by atoms with Gasteiger partial charge in [0.1, 0.15) is 11.6 Å². The molecular weight excluding hydrogens is 380 g/mol. The van der Waals surface area contributed by atoms with Gasteiger partial charge in [-0.05, 0) is 44.4 Å². The summed E-state index contributed by atoms with van der Waals surface area (Å²) in [7, 11) is 1.64. The van der Waals surface area contributed by atoms with E-state index in [-0.39, 0.29) is 11.8 Å². The molecule has 3 aromatic rings. The van der Waals surface area contributed by atoms with Crippen LogP contribution in [-0.4, -0.2) is 46.1 Å². The minimum atomic E-state index is 0.132. The van der Waals surface area contributed by atoms with Crippen molar-refractivity contribution >= 4 is 5.91 Å². The second-order valence-corrected chi connectivity index (χ2v) is 7.75. The van der Waals surface area contributed by atoms with Crippen LogP contribution in [0.3, 0.4) is 0 Å². The van der Waals surface area contributed by atoms with Crippen LogP contribution in [0.2, 0.25) is 0 Å². The highest BCUT2D eigenvalue weighted by Gasteiger charge is 2.28. The summed E-state index contributed by atoms with van der Waals surface area (Å²) in [4.78, 5) is 24.0. The van der Waals surface area contributed by atoms with E-state index >= 15 is 0 Å². The number of benzene rings is 1. The lowest BCUT2D eigenvalue weighted by atomic mass is 9.91. The molecule has 1 amide bonds. The molecule has 7 heteroatoms. The van der Waals surface area contributed by atoms with Gasteiger partial charge in [-0.25, -0.2) is 9.97 Å². The number of carbonyl (C=O) groups is 1. The lowest BCUT2D eigenvalue weighted by molar-refractivity contribution is -0.131. The standard InChI is InChI=1S/C23H26N4O3/c1-15-11-21(30-26-15)20-13-24-16(2)25-23(20)18-5-4-10-27(14-18)22(28)12-17-6-8-19(29-3)9-7-17/h6-9,11,13,18H,4-5,10,12,14H2,1-3H3/t18-/m1/s1. The number of likely N-dealkylation sites (tertiary alicyclic amines) is 1. The van der Waals surface area contributed by atoms with Crippen molar-refractivity contribution in [3.63, 3.8) is 0 Å². The minimum absolute atomic E-state index is 0.132. The SMILES string of the molecule is COc1ccc(CC(=O)N2CCC[C@@H](c3nc(C)ncc3-c3cc(C)no3)C2)cc1. The van der Waals surface area contributed by atoms with Gasteiger partial charge in [-0.15, -0.1) is 0 Å². The van der Waals surface area contributed by atoms with Crippen LogP contribution in [0, 0.1) is 13.8 Å². The average Bonchev–Trinajstić information content (AvgIpc) is 3.20. The summed E-state index contributed by atoms with van der Waals surface area (Å²) in [6, 6.07) is 9.55. The number of piperidine rings is 1. The summed E-state index contributed by atoms with van der Waals surface area (Å²) >= 11 is 0. The van der Waals surface area contributed by atoms with E-state index in [9.17, 15) is 4.79 Å². The molecule has 1 fully saturated rings. The topological polar surface area (TPSA) is 81.4 Å². The summed E-state index contributed by atoms with van der Waals surface area (Å²) in [5.41, 5.74) is 3.59. The first-order valence-electron chi connectivity index (χ1n) is 10.2. The molecule has 0 saturated carbocycles. The van der Waals surface area contributed by atoms with Gasteiger partial charge in [0.15, 0.2) is 5.76 Å². The maximum Gasteiger partial charge on any atom is 0.227 e. The van der Waals surface area contributed by atoms with E-state index in [1.807, 2.05) is 49.1 Å². The molecule has 7 nitrogen and oxygen atoms in total. The second-order valence-electron chi connectivity index (χ2n) is 7.75. The molecule has 0 unspecified atom stereocenters. The largest absolute Gasteiger partial charge is 0.497 e. The molecule has 1 aromatic carbocycles. The smallest absolute Gasteiger partial charge is 0.227 e. The van der Waals surface area contributed by atoms with E-state index in [1.54, 1.807) is 13.3 Å². The summed E-state index contributed by atoms with van der Waals surface area (Å²) in [6.07, 6.45) is 4.10. The molecule has 0 bridgehead atoms. The molecule has 30 heavy (non-hydrogen) atoms. The number of amides is 1. The van der Waals surface area contributed by atoms with Gasteiger partial charge < -0.3 is 14.2 Å². The van der Waals surface area contributed by atoms with Crippen LogP contribution in [0.25, 0.3) is 11.3 Å². The van der Waals surface area contributed by atoms with Crippen LogP contribution in [0.1, 0.15) is 41.5 Å². The van der Waals surface area contributed by atoms with E-state index in [0.717, 1.165) is 47.7 Å². The van der Waals surface area contributed by atoms with Crippen molar-refractivity contribution in [3.8, 4) is 17.1 Å². The third-order valence-electron chi connectivity index (χ3n) is 5.51. The molecule has 2 aromatic heterocycles. The first kappa shape index (κ1) is 20.1. The molecule has 0 spiro atoms. The molecule has 1 atom stereocenters. The number of rotatable bonds is 5. The maximum atomic E-state index is 13.0. The minimum Gasteiger partial charge on any atom is -0.497 e. The Kier molecular flexibility index (Phi) is 5.79. The number of ether oxygens (including phenoxy) is 1. The Bertz CT molecular complexity index is 1030. The highest BCUT2D eigenvalue weighted by molar-refractivity contribution is 5.79. The van der Waals surface area contributed by atoms with Gasteiger partial charge in [-0.1, -0.05) is 17.3 Å². The summed E-state index contributed by atoms with van der Waals surface area (Å²) in [6.45, 7) is 5.19. The number of carbonyl (C=O) groups excluding carboxylic acids is 1. The Hall–Kier alpha value is -3.22. The second kappa shape index (κ2) is 8.65. The van der Waals surface area contributed by atoms with E-state index in [2.05, 4.69) is 10.1 Å². The molecule has 1 aliphatic rings. The Morgan fingerprint density at radius 1 is 1.27 bits per heavy atom. The Morgan fingerprint density at radius 2 is 2.07 bits per heavy atom. The Balaban J connectivity index is 1.52. The number of hydrogen-bond donors (Lipinski definition) is 0. The summed E-state index contributed by atoms with van der Waals surface area (Å²) < 4.78 is 10.7. The van der Waals surface area contributed by atoms with Crippen LogP contribution in [0.15, 0.2) is 41.1 Å². The van der Waals surface area contributed by atoms with Crippen molar-refractivity contribution in [1.82, 2.24) is 20.0 Å². The van der Waals surface area contributed by atoms with Crippen molar-refractivity contribution in [2.24, 2.45) is 0 Å². The molecule has 156 valence electrons. The van der Waals surface area contributed by atoms with E-state index in [4.69, 9.17) is 14.2 Å². The quantitative estimate of drug-likeness (QED) is 0.643. The molecule has 1 aliphatic heterocycles. The van der Waals surface area contributed by atoms with Gasteiger partial charge in [0.05, 0.1) is 30.5 Å². The fourth-order valence-corrected chi connectivity index (χ4v) is 3.94. The zero-order valence-electron chi connectivity index (χ0n) is 17.6. The van der Waals surface area contributed by atoms with Crippen LogP contribution in [0.4, 0.5) is 0 Å². The van der Waals surface area contributed by atoms with Crippen LogP contribution < -0.4 is 4.74 Å². The molecule has 0 N–H and O–H groups in total. The number of methoxy groups -OCH3 is 1. The molecular formula is C23H26N4O3. The highest BCUT2D eigenvalue weighted by Crippen LogP contribution is 2.33. The fourth-order valence-electron chi connectivity index (χ4n) is 3.94. The molecule has 1 saturated heterocycles. The molecule has 0 radical (unpaired) electrons. The molecule has 3 heterocycles. The van der Waals surface area contributed by atoms with Crippen molar-refractivity contribution in [2.75, 3.05) is 20.2 Å². The third-order valence-corrected chi connectivity index (χ3v) is 5.51. The Labute approximate surface area is 176 Å². The average molecular weight is 406 g/mol. The van der Waals surface area contributed by atoms with Gasteiger partial charge in [-0.2, -0.15) is 0 Å². The van der Waals surface area contributed by atoms with Crippen molar-refractivity contribution in [1.29, 1.82) is 0 Å². The zero-order chi connectivity index (χ0) is 21.1. The predicted octanol–water partition coefficient (Wildman–Crippen LogP) is 3.71. The first-order valence-corrected chi connectivity index (χ1v) is 10.2. The number of nitrogens with zero attached hydrogens (tertiary/aromatic N) is 4. The van der Waals surface area contributed by atoms with Gasteiger partial charge in [0.25, 0.3) is 0 Å². The first-order chi connectivity index (χ1) is 14.5. The number of hydrogen-bond acceptors (Lipinski definition) is 6. The van der Waals surface area contributed by atoms with Gasteiger partial charge in [0, 0.05) is 31.3 Å². The van der Waals surface area contributed by atoms with Gasteiger partial charge >= 0.3 is 0 Å². The summed E-state index contributed by atoms with van der Waals surface area (Å²) in [5, 5.41) is 4.00. The van der Waals surface area contributed by atoms with Gasteiger partial charge in [0.2, 0.25) is 5.91 Å². The van der Waals surface area contributed by atoms with Crippen molar-refractivity contribution in [3.05, 3.63) is 59.3 Å². The molecule has 0 aliphatic carbocycles. The van der Waals surface area contributed by atoms with Crippen molar-refractivity contribution in [2.45, 2.75) is 39.0 Å². The van der Waals surface area contributed by atoms with Crippen LogP contribution >= 0.6 is 0 Å². The number of aromatic nitrogens is 3. The lowest BCUT2D eigenvalue weighted by Gasteiger charge is -2.33. The third kappa shape index (κ3) is 4.35. The summed E-state index contributed by atoms with van der Waals surface area (Å²) in [5.74, 6) is 2.45. The fraction of sp³-hybridized carbons (Fsp3) is 0.391. The molecule has 4 rings (SSSR count). The lowest BCUT2D eigenvalue weighted by Crippen LogP contribution is -2.40. The van der Waals surface area contributed by atoms with E-state index in [0.29, 0.717) is 24.6 Å². The predicted molar refractivity (Wildman–Crippen MR) is 112 cm³/mol. The van der Waals surface area contributed by atoms with Gasteiger partial charge in [-0.3, -0.25) is 4.79 Å². The Morgan fingerprint density at radius 3 is 2.77 bits per heavy atom. The monoisotopic (exact) mass is 406 g/mol. The van der Waals surface area contributed by atoms with Crippen molar-refractivity contribution < 1.29 is 14.1 Å².